The lowest BCUT2D eigenvalue weighted by Gasteiger charge is -2.33. The monoisotopic (exact) mass is 305 g/mol. The van der Waals surface area contributed by atoms with Crippen LogP contribution in [0.25, 0.3) is 0 Å². The van der Waals surface area contributed by atoms with Gasteiger partial charge in [0.25, 0.3) is 5.91 Å². The number of carbonyl (C=O) groups is 2. The van der Waals surface area contributed by atoms with Crippen molar-refractivity contribution in [1.82, 2.24) is 20.0 Å². The number of hydrogen-bond donors (Lipinski definition) is 0. The van der Waals surface area contributed by atoms with Crippen LogP contribution in [0.3, 0.4) is 0 Å². The molecular formula is C14H19N5O3. The molecule has 2 aliphatic rings. The number of rotatable bonds is 3. The molecule has 8 nitrogen and oxygen atoms in total. The van der Waals surface area contributed by atoms with Gasteiger partial charge in [0, 0.05) is 39.3 Å². The second-order valence-corrected chi connectivity index (χ2v) is 5.31. The van der Waals surface area contributed by atoms with Crippen LogP contribution in [-0.2, 0) is 9.53 Å². The second-order valence-electron chi connectivity index (χ2n) is 5.31. The van der Waals surface area contributed by atoms with E-state index < -0.39 is 0 Å². The topological polar surface area (TPSA) is 78.9 Å². The zero-order chi connectivity index (χ0) is 15.4. The van der Waals surface area contributed by atoms with Crippen LogP contribution in [0.5, 0.6) is 0 Å². The predicted octanol–water partition coefficient (Wildman–Crippen LogP) is -0.773. The van der Waals surface area contributed by atoms with Gasteiger partial charge >= 0.3 is 0 Å². The molecule has 0 aliphatic carbocycles. The Kier molecular flexibility index (Phi) is 4.47. The lowest BCUT2D eigenvalue weighted by molar-refractivity contribution is -0.118. The summed E-state index contributed by atoms with van der Waals surface area (Å²) in [4.78, 5) is 28.5. The van der Waals surface area contributed by atoms with Crippen molar-refractivity contribution in [2.45, 2.75) is 0 Å². The normalized spacial score (nSPS) is 19.2. The average molecular weight is 305 g/mol. The zero-order valence-electron chi connectivity index (χ0n) is 12.3. The number of ether oxygens (including phenoxy) is 1. The molecule has 0 saturated carbocycles. The summed E-state index contributed by atoms with van der Waals surface area (Å²) in [6.07, 6.45) is 0.868. The number of amides is 2. The van der Waals surface area contributed by atoms with Crippen LogP contribution in [0.15, 0.2) is 12.1 Å². The van der Waals surface area contributed by atoms with E-state index in [1.54, 1.807) is 15.9 Å². The third-order valence-electron chi connectivity index (χ3n) is 3.96. The molecule has 0 radical (unpaired) electrons. The number of morpholine rings is 1. The highest BCUT2D eigenvalue weighted by molar-refractivity contribution is 5.92. The zero-order valence-corrected chi connectivity index (χ0v) is 12.3. The SMILES string of the molecule is O=CN1CCN(c2ccc(C(=O)N3CCOCC3)nn2)CC1. The first-order chi connectivity index (χ1) is 10.8. The fourth-order valence-corrected chi connectivity index (χ4v) is 2.59. The van der Waals surface area contributed by atoms with Gasteiger partial charge in [0.05, 0.1) is 13.2 Å². The van der Waals surface area contributed by atoms with Crippen molar-refractivity contribution in [2.24, 2.45) is 0 Å². The van der Waals surface area contributed by atoms with E-state index in [-0.39, 0.29) is 5.91 Å². The van der Waals surface area contributed by atoms with Crippen LogP contribution in [0, 0.1) is 0 Å². The quantitative estimate of drug-likeness (QED) is 0.682. The summed E-state index contributed by atoms with van der Waals surface area (Å²) in [6, 6.07) is 3.53. The number of aromatic nitrogens is 2. The summed E-state index contributed by atoms with van der Waals surface area (Å²) in [5, 5.41) is 8.22. The van der Waals surface area contributed by atoms with Gasteiger partial charge in [-0.3, -0.25) is 9.59 Å². The Bertz CT molecular complexity index is 522. The van der Waals surface area contributed by atoms with Gasteiger partial charge in [0.2, 0.25) is 6.41 Å². The fraction of sp³-hybridized carbons (Fsp3) is 0.571. The maximum absolute atomic E-state index is 12.3. The molecule has 2 fully saturated rings. The van der Waals surface area contributed by atoms with Gasteiger partial charge in [0.1, 0.15) is 0 Å². The number of hydrogen-bond acceptors (Lipinski definition) is 6. The minimum atomic E-state index is -0.104. The van der Waals surface area contributed by atoms with Crippen molar-refractivity contribution in [3.63, 3.8) is 0 Å². The molecule has 0 atom stereocenters. The van der Waals surface area contributed by atoms with Gasteiger partial charge in [-0.05, 0) is 12.1 Å². The molecule has 1 aromatic heterocycles. The Labute approximate surface area is 128 Å². The summed E-state index contributed by atoms with van der Waals surface area (Å²) >= 11 is 0. The van der Waals surface area contributed by atoms with Crippen LogP contribution in [0.1, 0.15) is 10.5 Å². The van der Waals surface area contributed by atoms with Crippen LogP contribution in [-0.4, -0.2) is 84.8 Å². The molecule has 2 saturated heterocycles. The van der Waals surface area contributed by atoms with Gasteiger partial charge in [-0.25, -0.2) is 0 Å². The molecule has 8 heteroatoms. The third kappa shape index (κ3) is 3.16. The van der Waals surface area contributed by atoms with Crippen molar-refractivity contribution < 1.29 is 14.3 Å². The smallest absolute Gasteiger partial charge is 0.274 e. The Morgan fingerprint density at radius 1 is 1.05 bits per heavy atom. The Morgan fingerprint density at radius 2 is 1.77 bits per heavy atom. The van der Waals surface area contributed by atoms with E-state index in [4.69, 9.17) is 4.74 Å². The Hall–Kier alpha value is -2.22. The molecule has 118 valence electrons. The van der Waals surface area contributed by atoms with E-state index in [1.807, 2.05) is 6.07 Å². The highest BCUT2D eigenvalue weighted by Crippen LogP contribution is 2.13. The van der Waals surface area contributed by atoms with Gasteiger partial charge in [0.15, 0.2) is 11.5 Å². The van der Waals surface area contributed by atoms with Gasteiger partial charge < -0.3 is 19.4 Å². The number of nitrogens with zero attached hydrogens (tertiary/aromatic N) is 5. The molecular weight excluding hydrogens is 286 g/mol. The number of anilines is 1. The van der Waals surface area contributed by atoms with Crippen LogP contribution < -0.4 is 4.90 Å². The molecule has 0 unspecified atom stereocenters. The first-order valence-electron chi connectivity index (χ1n) is 7.43. The Morgan fingerprint density at radius 3 is 2.36 bits per heavy atom. The van der Waals surface area contributed by atoms with Crippen LogP contribution in [0.4, 0.5) is 5.82 Å². The van der Waals surface area contributed by atoms with E-state index in [9.17, 15) is 9.59 Å². The molecule has 0 spiro atoms. The molecule has 2 aliphatic heterocycles. The molecule has 0 bridgehead atoms. The lowest BCUT2D eigenvalue weighted by atomic mass is 10.3. The fourth-order valence-electron chi connectivity index (χ4n) is 2.59. The standard InChI is InChI=1S/C14H19N5O3/c20-11-17-3-5-18(6-4-17)13-2-1-12(15-16-13)14(21)19-7-9-22-10-8-19/h1-2,11H,3-10H2. The molecule has 2 amide bonds. The Balaban J connectivity index is 1.62. The minimum absolute atomic E-state index is 0.104. The van der Waals surface area contributed by atoms with Gasteiger partial charge in [-0.15, -0.1) is 10.2 Å². The van der Waals surface area contributed by atoms with Crippen molar-refractivity contribution in [1.29, 1.82) is 0 Å². The summed E-state index contributed by atoms with van der Waals surface area (Å²) in [7, 11) is 0. The first-order valence-corrected chi connectivity index (χ1v) is 7.43. The van der Waals surface area contributed by atoms with Crippen molar-refractivity contribution >= 4 is 18.1 Å². The van der Waals surface area contributed by atoms with E-state index in [1.165, 1.54) is 0 Å². The second kappa shape index (κ2) is 6.69. The highest BCUT2D eigenvalue weighted by atomic mass is 16.5. The molecule has 22 heavy (non-hydrogen) atoms. The molecule has 0 N–H and O–H groups in total. The van der Waals surface area contributed by atoms with E-state index >= 15 is 0 Å². The van der Waals surface area contributed by atoms with E-state index in [2.05, 4.69) is 15.1 Å². The third-order valence-corrected chi connectivity index (χ3v) is 3.96. The molecule has 1 aromatic rings. The van der Waals surface area contributed by atoms with E-state index in [0.29, 0.717) is 45.1 Å². The summed E-state index contributed by atoms with van der Waals surface area (Å²) in [5.74, 6) is 0.636. The summed E-state index contributed by atoms with van der Waals surface area (Å²) in [5.41, 5.74) is 0.358. The van der Waals surface area contributed by atoms with Crippen molar-refractivity contribution in [3.05, 3.63) is 17.8 Å². The van der Waals surface area contributed by atoms with E-state index in [0.717, 1.165) is 25.3 Å². The van der Waals surface area contributed by atoms with Crippen molar-refractivity contribution in [3.8, 4) is 0 Å². The molecule has 3 heterocycles. The summed E-state index contributed by atoms with van der Waals surface area (Å²) < 4.78 is 5.24. The van der Waals surface area contributed by atoms with Gasteiger partial charge in [-0.2, -0.15) is 0 Å². The predicted molar refractivity (Wildman–Crippen MR) is 78.6 cm³/mol. The van der Waals surface area contributed by atoms with Crippen molar-refractivity contribution in [2.75, 3.05) is 57.4 Å². The largest absolute Gasteiger partial charge is 0.378 e. The number of piperazine rings is 1. The lowest BCUT2D eigenvalue weighted by Crippen LogP contribution is -2.46. The highest BCUT2D eigenvalue weighted by Gasteiger charge is 2.21. The first kappa shape index (κ1) is 14.7. The number of carbonyl (C=O) groups excluding carboxylic acids is 2. The van der Waals surface area contributed by atoms with Gasteiger partial charge in [-0.1, -0.05) is 0 Å². The average Bonchev–Trinajstić information content (AvgIpc) is 2.62. The minimum Gasteiger partial charge on any atom is -0.378 e. The maximum Gasteiger partial charge on any atom is 0.274 e. The molecule has 3 rings (SSSR count). The molecule has 0 aromatic carbocycles. The maximum atomic E-state index is 12.3. The van der Waals surface area contributed by atoms with Crippen LogP contribution in [0.2, 0.25) is 0 Å². The van der Waals surface area contributed by atoms with Crippen LogP contribution >= 0.6 is 0 Å². The summed E-state index contributed by atoms with van der Waals surface area (Å²) in [6.45, 7) is 5.13.